The highest BCUT2D eigenvalue weighted by atomic mass is 35.5. The Balaban J connectivity index is 1.67. The molecule has 3 rings (SSSR count). The maximum absolute atomic E-state index is 10.9. The molecule has 1 fully saturated rings. The van der Waals surface area contributed by atoms with Crippen molar-refractivity contribution in [3.63, 3.8) is 0 Å². The maximum atomic E-state index is 10.9. The highest BCUT2D eigenvalue weighted by Gasteiger charge is 2.17. The number of piperazine rings is 1. The van der Waals surface area contributed by atoms with Crippen molar-refractivity contribution in [2.24, 2.45) is 0 Å². The average Bonchev–Trinajstić information content (AvgIpc) is 2.60. The van der Waals surface area contributed by atoms with E-state index in [1.807, 2.05) is 12.1 Å². The molecule has 1 saturated heterocycles. The van der Waals surface area contributed by atoms with Crippen LogP contribution in [0.5, 0.6) is 0 Å². The zero-order valence-corrected chi connectivity index (χ0v) is 15.4. The first-order valence-electron chi connectivity index (χ1n) is 7.94. The molecule has 0 aliphatic carbocycles. The minimum absolute atomic E-state index is 0.283. The van der Waals surface area contributed by atoms with E-state index in [-0.39, 0.29) is 5.56 Å². The fourth-order valence-corrected chi connectivity index (χ4v) is 3.58. The van der Waals surface area contributed by atoms with E-state index in [0.29, 0.717) is 16.1 Å². The number of thioether (sulfide) groups is 1. The number of carboxylic acid groups (broad SMARTS) is 1. The molecule has 0 radical (unpaired) electrons. The first-order valence-corrected chi connectivity index (χ1v) is 9.31. The Morgan fingerprint density at radius 3 is 2.52 bits per heavy atom. The smallest absolute Gasteiger partial charge is 0.335 e. The second kappa shape index (κ2) is 8.03. The van der Waals surface area contributed by atoms with Crippen molar-refractivity contribution < 1.29 is 9.90 Å². The highest BCUT2D eigenvalue weighted by Crippen LogP contribution is 2.25. The Kier molecular flexibility index (Phi) is 5.78. The van der Waals surface area contributed by atoms with Gasteiger partial charge >= 0.3 is 5.97 Å². The summed E-state index contributed by atoms with van der Waals surface area (Å²) in [5.41, 5.74) is 1.30. The van der Waals surface area contributed by atoms with Crippen LogP contribution in [0.1, 0.15) is 15.9 Å². The summed E-state index contributed by atoms with van der Waals surface area (Å²) in [4.78, 5) is 24.3. The number of hydrogen-bond donors (Lipinski definition) is 1. The van der Waals surface area contributed by atoms with Gasteiger partial charge in [-0.25, -0.2) is 14.8 Å². The Morgan fingerprint density at radius 1 is 1.20 bits per heavy atom. The van der Waals surface area contributed by atoms with Gasteiger partial charge < -0.3 is 14.9 Å². The molecule has 1 aromatic carbocycles. The second-order valence-electron chi connectivity index (χ2n) is 5.91. The van der Waals surface area contributed by atoms with Gasteiger partial charge in [0.25, 0.3) is 0 Å². The van der Waals surface area contributed by atoms with Gasteiger partial charge in [-0.15, -0.1) is 0 Å². The van der Waals surface area contributed by atoms with Crippen molar-refractivity contribution in [2.45, 2.75) is 10.9 Å². The number of carbonyl (C=O) groups is 1. The number of rotatable bonds is 5. The maximum Gasteiger partial charge on any atom is 0.335 e. The average molecular weight is 379 g/mol. The van der Waals surface area contributed by atoms with E-state index < -0.39 is 5.97 Å². The number of hydrogen-bond acceptors (Lipinski definition) is 6. The van der Waals surface area contributed by atoms with Gasteiger partial charge in [-0.1, -0.05) is 35.5 Å². The van der Waals surface area contributed by atoms with Crippen molar-refractivity contribution in [3.05, 3.63) is 46.6 Å². The lowest BCUT2D eigenvalue weighted by molar-refractivity contribution is 0.0697. The molecule has 1 aliphatic rings. The van der Waals surface area contributed by atoms with E-state index in [4.69, 9.17) is 16.7 Å². The number of aromatic carboxylic acids is 1. The Bertz CT molecular complexity index is 749. The lowest BCUT2D eigenvalue weighted by Crippen LogP contribution is -2.44. The molecule has 8 heteroatoms. The summed E-state index contributed by atoms with van der Waals surface area (Å²) in [5.74, 6) is 0.591. The van der Waals surface area contributed by atoms with E-state index in [1.54, 1.807) is 18.2 Å². The van der Waals surface area contributed by atoms with Crippen molar-refractivity contribution in [1.82, 2.24) is 14.9 Å². The normalized spacial score (nSPS) is 15.4. The van der Waals surface area contributed by atoms with Gasteiger partial charge in [0.1, 0.15) is 11.0 Å². The molecule has 0 unspecified atom stereocenters. The van der Waals surface area contributed by atoms with Gasteiger partial charge in [0, 0.05) is 38.0 Å². The Labute approximate surface area is 155 Å². The number of benzene rings is 1. The van der Waals surface area contributed by atoms with Crippen LogP contribution in [0.4, 0.5) is 5.82 Å². The fraction of sp³-hybridized carbons (Fsp3) is 0.353. The summed E-state index contributed by atoms with van der Waals surface area (Å²) < 4.78 is 0. The fourth-order valence-electron chi connectivity index (χ4n) is 2.54. The largest absolute Gasteiger partial charge is 0.478 e. The molecule has 6 nitrogen and oxygen atoms in total. The molecule has 1 aromatic heterocycles. The van der Waals surface area contributed by atoms with E-state index in [0.717, 1.165) is 37.6 Å². The van der Waals surface area contributed by atoms with Gasteiger partial charge in [-0.2, -0.15) is 0 Å². The molecular weight excluding hydrogens is 360 g/mol. The predicted molar refractivity (Wildman–Crippen MR) is 99.7 cm³/mol. The molecule has 0 atom stereocenters. The topological polar surface area (TPSA) is 69.6 Å². The monoisotopic (exact) mass is 378 g/mol. The first-order chi connectivity index (χ1) is 12.0. The van der Waals surface area contributed by atoms with Crippen molar-refractivity contribution in [1.29, 1.82) is 0 Å². The summed E-state index contributed by atoms with van der Waals surface area (Å²) in [5, 5.41) is 10.0. The van der Waals surface area contributed by atoms with Crippen molar-refractivity contribution in [3.8, 4) is 0 Å². The van der Waals surface area contributed by atoms with Crippen LogP contribution in [0, 0.1) is 0 Å². The summed E-state index contributed by atoms with van der Waals surface area (Å²) in [7, 11) is 2.11. The standard InChI is InChI=1S/C17H19ClN4O2S/c1-21-6-8-22(9-7-21)15-10-14(18)19-17(20-15)25-11-12-2-4-13(5-3-12)16(23)24/h2-5,10H,6-9,11H2,1H3,(H,23,24). The SMILES string of the molecule is CN1CCN(c2cc(Cl)nc(SCc3ccc(C(=O)O)cc3)n2)CC1. The van der Waals surface area contributed by atoms with Gasteiger partial charge in [-0.05, 0) is 24.7 Å². The van der Waals surface area contributed by atoms with E-state index >= 15 is 0 Å². The third-order valence-corrected chi connectivity index (χ3v) is 5.17. The number of likely N-dealkylation sites (N-methyl/N-ethyl adjacent to an activating group) is 1. The van der Waals surface area contributed by atoms with Crippen LogP contribution in [-0.4, -0.2) is 59.2 Å². The third-order valence-electron chi connectivity index (χ3n) is 4.06. The third kappa shape index (κ3) is 4.84. The van der Waals surface area contributed by atoms with Crippen LogP contribution in [-0.2, 0) is 5.75 Å². The number of aromatic nitrogens is 2. The number of halogens is 1. The molecular formula is C17H19ClN4O2S. The molecule has 0 saturated carbocycles. The Hall–Kier alpha value is -1.83. The predicted octanol–water partition coefficient (Wildman–Crippen LogP) is 2.87. The molecule has 132 valence electrons. The molecule has 2 aromatic rings. The lowest BCUT2D eigenvalue weighted by atomic mass is 10.1. The van der Waals surface area contributed by atoms with Crippen LogP contribution in [0.25, 0.3) is 0 Å². The van der Waals surface area contributed by atoms with Crippen LogP contribution < -0.4 is 4.90 Å². The summed E-state index contributed by atoms with van der Waals surface area (Å²) in [6.07, 6.45) is 0. The first kappa shape index (κ1) is 18.0. The van der Waals surface area contributed by atoms with Crippen molar-refractivity contribution >= 4 is 35.1 Å². The zero-order valence-electron chi connectivity index (χ0n) is 13.9. The van der Waals surface area contributed by atoms with Gasteiger partial charge in [0.05, 0.1) is 5.56 Å². The van der Waals surface area contributed by atoms with Gasteiger partial charge in [0.15, 0.2) is 5.16 Å². The van der Waals surface area contributed by atoms with Crippen LogP contribution in [0.15, 0.2) is 35.5 Å². The molecule has 2 heterocycles. The summed E-state index contributed by atoms with van der Waals surface area (Å²) in [6.45, 7) is 3.84. The number of nitrogens with zero attached hydrogens (tertiary/aromatic N) is 4. The minimum atomic E-state index is -0.922. The molecule has 1 aliphatic heterocycles. The van der Waals surface area contributed by atoms with Gasteiger partial charge in [-0.3, -0.25) is 0 Å². The molecule has 25 heavy (non-hydrogen) atoms. The Morgan fingerprint density at radius 2 is 1.88 bits per heavy atom. The molecule has 0 amide bonds. The van der Waals surface area contributed by atoms with E-state index in [2.05, 4.69) is 26.8 Å². The number of anilines is 1. The van der Waals surface area contributed by atoms with Crippen LogP contribution in [0.3, 0.4) is 0 Å². The molecule has 1 N–H and O–H groups in total. The summed E-state index contributed by atoms with van der Waals surface area (Å²) in [6, 6.07) is 8.63. The van der Waals surface area contributed by atoms with E-state index in [9.17, 15) is 4.79 Å². The highest BCUT2D eigenvalue weighted by molar-refractivity contribution is 7.98. The number of carboxylic acids is 1. The molecule has 0 bridgehead atoms. The second-order valence-corrected chi connectivity index (χ2v) is 7.24. The van der Waals surface area contributed by atoms with Crippen molar-refractivity contribution in [2.75, 3.05) is 38.1 Å². The van der Waals surface area contributed by atoms with Crippen LogP contribution in [0.2, 0.25) is 5.15 Å². The zero-order chi connectivity index (χ0) is 17.8. The quantitative estimate of drug-likeness (QED) is 0.487. The minimum Gasteiger partial charge on any atom is -0.478 e. The summed E-state index contributed by atoms with van der Waals surface area (Å²) >= 11 is 7.66. The van der Waals surface area contributed by atoms with E-state index in [1.165, 1.54) is 11.8 Å². The lowest BCUT2D eigenvalue weighted by Gasteiger charge is -2.33. The van der Waals surface area contributed by atoms with Gasteiger partial charge in [0.2, 0.25) is 0 Å². The molecule has 0 spiro atoms. The van der Waals surface area contributed by atoms with Crippen LogP contribution >= 0.6 is 23.4 Å².